The molecule has 0 amide bonds. The molecule has 0 aliphatic carbocycles. The number of benzene rings is 2. The first-order chi connectivity index (χ1) is 21.2. The minimum Gasteiger partial charge on any atom is -0.463 e. The summed E-state index contributed by atoms with van der Waals surface area (Å²) in [6.07, 6.45) is -5.42. The standard InChI is InChI=1S/C30H31ClFN5O7/c1-3-41-27(39)30(28(40)42-4-2,14-17-10-12-19(13-11-17)18-8-6-5-7-9-18)43-15-20-23(38)21(32)26(44-20)37-16-34-22-24(33)35-29(31)36-25(22)37/h5-13,16,20-21,23,26,38H,3-4,14-15H2,1-2H3,(H2,33,35,36)/t20-,21+,23-,26-/m1/s1. The Morgan fingerprint density at radius 1 is 1.05 bits per heavy atom. The number of aliphatic hydroxyl groups is 1. The number of hydrogen-bond acceptors (Lipinski definition) is 11. The lowest BCUT2D eigenvalue weighted by molar-refractivity contribution is -0.197. The topological polar surface area (TPSA) is 161 Å². The molecule has 232 valence electrons. The highest BCUT2D eigenvalue weighted by Gasteiger charge is 2.53. The molecule has 3 N–H and O–H groups in total. The third kappa shape index (κ3) is 6.09. The molecule has 1 aliphatic heterocycles. The van der Waals surface area contributed by atoms with Crippen LogP contribution in [0.15, 0.2) is 60.9 Å². The minimum absolute atomic E-state index is 0.0157. The van der Waals surface area contributed by atoms with Crippen LogP contribution in [-0.4, -0.2) is 80.4 Å². The van der Waals surface area contributed by atoms with Crippen molar-refractivity contribution in [2.75, 3.05) is 25.6 Å². The van der Waals surface area contributed by atoms with Gasteiger partial charge in [0, 0.05) is 6.42 Å². The number of alkyl halides is 1. The van der Waals surface area contributed by atoms with Gasteiger partial charge in [-0.05, 0) is 42.1 Å². The molecule has 44 heavy (non-hydrogen) atoms. The predicted octanol–water partition coefficient (Wildman–Crippen LogP) is 3.45. The highest BCUT2D eigenvalue weighted by Crippen LogP contribution is 2.36. The smallest absolute Gasteiger partial charge is 0.350 e. The minimum atomic E-state index is -2.27. The second-order valence-electron chi connectivity index (χ2n) is 10.0. The predicted molar refractivity (Wildman–Crippen MR) is 157 cm³/mol. The van der Waals surface area contributed by atoms with Crippen molar-refractivity contribution < 1.29 is 38.0 Å². The molecule has 3 heterocycles. The Morgan fingerprint density at radius 3 is 2.32 bits per heavy atom. The number of esters is 2. The van der Waals surface area contributed by atoms with Crippen LogP contribution in [-0.2, 0) is 35.0 Å². The molecule has 14 heteroatoms. The molecule has 12 nitrogen and oxygen atoms in total. The second-order valence-corrected chi connectivity index (χ2v) is 10.4. The molecule has 4 atom stereocenters. The van der Waals surface area contributed by atoms with Gasteiger partial charge in [0.25, 0.3) is 5.60 Å². The first-order valence-corrected chi connectivity index (χ1v) is 14.3. The summed E-state index contributed by atoms with van der Waals surface area (Å²) in [5, 5.41) is 10.6. The number of nitrogen functional groups attached to an aromatic ring is 1. The number of carbonyl (C=O) groups is 2. The molecule has 0 bridgehead atoms. The van der Waals surface area contributed by atoms with Gasteiger partial charge in [-0.25, -0.2) is 19.0 Å². The molecule has 4 aromatic rings. The summed E-state index contributed by atoms with van der Waals surface area (Å²) in [6, 6.07) is 16.9. The third-order valence-corrected chi connectivity index (χ3v) is 7.38. The fraction of sp³-hybridized carbons (Fsp3) is 0.367. The highest BCUT2D eigenvalue weighted by atomic mass is 35.5. The number of hydrogen-bond donors (Lipinski definition) is 2. The molecule has 0 unspecified atom stereocenters. The summed E-state index contributed by atoms with van der Waals surface area (Å²) in [6.45, 7) is 2.51. The van der Waals surface area contributed by atoms with E-state index in [1.54, 1.807) is 26.0 Å². The van der Waals surface area contributed by atoms with Crippen molar-refractivity contribution in [2.24, 2.45) is 0 Å². The van der Waals surface area contributed by atoms with Crippen molar-refractivity contribution in [1.82, 2.24) is 19.5 Å². The van der Waals surface area contributed by atoms with Crippen molar-refractivity contribution in [3.8, 4) is 11.1 Å². The quantitative estimate of drug-likeness (QED) is 0.142. The summed E-state index contributed by atoms with van der Waals surface area (Å²) in [4.78, 5) is 38.8. The van der Waals surface area contributed by atoms with E-state index in [-0.39, 0.29) is 41.9 Å². The number of ether oxygens (including phenoxy) is 4. The summed E-state index contributed by atoms with van der Waals surface area (Å²) < 4.78 is 39.0. The van der Waals surface area contributed by atoms with Crippen LogP contribution in [0.2, 0.25) is 5.28 Å². The zero-order chi connectivity index (χ0) is 31.4. The third-order valence-electron chi connectivity index (χ3n) is 7.21. The van der Waals surface area contributed by atoms with Crippen molar-refractivity contribution >= 4 is 40.5 Å². The largest absolute Gasteiger partial charge is 0.463 e. The Labute approximate surface area is 256 Å². The van der Waals surface area contributed by atoms with Crippen molar-refractivity contribution in [2.45, 2.75) is 50.5 Å². The van der Waals surface area contributed by atoms with Gasteiger partial charge in [-0.2, -0.15) is 9.97 Å². The second kappa shape index (κ2) is 13.2. The SMILES string of the molecule is CCOC(=O)C(Cc1ccc(-c2ccccc2)cc1)(OC[C@H]1O[C@@H](n2cnc3c(N)nc(Cl)nc32)[C@@H](F)[C@@H]1O)C(=O)OCC. The van der Waals surface area contributed by atoms with Crippen LogP contribution < -0.4 is 5.73 Å². The van der Waals surface area contributed by atoms with Gasteiger partial charge >= 0.3 is 11.9 Å². The van der Waals surface area contributed by atoms with Gasteiger partial charge in [-0.3, -0.25) is 4.57 Å². The molecule has 1 fully saturated rings. The highest BCUT2D eigenvalue weighted by molar-refractivity contribution is 6.28. The number of halogens is 2. The Balaban J connectivity index is 1.41. The average Bonchev–Trinajstić information content (AvgIpc) is 3.56. The number of carbonyl (C=O) groups excluding carboxylic acids is 2. The Kier molecular flexibility index (Phi) is 9.39. The summed E-state index contributed by atoms with van der Waals surface area (Å²) in [5.74, 6) is -2.00. The maximum Gasteiger partial charge on any atom is 0.350 e. The van der Waals surface area contributed by atoms with Gasteiger partial charge in [0.2, 0.25) is 5.28 Å². The maximum atomic E-state index is 15.5. The van der Waals surface area contributed by atoms with Crippen molar-refractivity contribution in [3.63, 3.8) is 0 Å². The molecule has 0 saturated carbocycles. The Hall–Kier alpha value is -4.17. The lowest BCUT2D eigenvalue weighted by atomic mass is 9.92. The lowest BCUT2D eigenvalue weighted by Gasteiger charge is -2.30. The number of nitrogens with zero attached hydrogens (tertiary/aromatic N) is 4. The molecule has 2 aromatic heterocycles. The van der Waals surface area contributed by atoms with E-state index in [2.05, 4.69) is 15.0 Å². The van der Waals surface area contributed by atoms with E-state index in [0.717, 1.165) is 11.1 Å². The van der Waals surface area contributed by atoms with E-state index >= 15 is 4.39 Å². The number of fused-ring (bicyclic) bond motifs is 1. The van der Waals surface area contributed by atoms with Gasteiger partial charge in [0.05, 0.1) is 26.1 Å². The molecule has 0 radical (unpaired) electrons. The molecular weight excluding hydrogens is 597 g/mol. The Bertz CT molecular complexity index is 1600. The van der Waals surface area contributed by atoms with Crippen molar-refractivity contribution in [1.29, 1.82) is 0 Å². The average molecular weight is 628 g/mol. The maximum absolute atomic E-state index is 15.5. The first kappa shape index (κ1) is 31.3. The van der Waals surface area contributed by atoms with Gasteiger partial charge in [-0.1, -0.05) is 54.6 Å². The van der Waals surface area contributed by atoms with E-state index < -0.39 is 48.8 Å². The summed E-state index contributed by atoms with van der Waals surface area (Å²) in [7, 11) is 0. The fourth-order valence-corrected chi connectivity index (χ4v) is 5.18. The van der Waals surface area contributed by atoms with Crippen LogP contribution >= 0.6 is 11.6 Å². The zero-order valence-corrected chi connectivity index (χ0v) is 24.7. The van der Waals surface area contributed by atoms with Gasteiger partial charge < -0.3 is 29.8 Å². The normalized spacial score (nSPS) is 20.1. The van der Waals surface area contributed by atoms with Crippen LogP contribution in [0.3, 0.4) is 0 Å². The zero-order valence-electron chi connectivity index (χ0n) is 23.9. The van der Waals surface area contributed by atoms with E-state index in [1.165, 1.54) is 10.9 Å². The fourth-order valence-electron chi connectivity index (χ4n) is 5.01. The van der Waals surface area contributed by atoms with Crippen LogP contribution in [0.4, 0.5) is 10.2 Å². The molecule has 0 spiro atoms. The van der Waals surface area contributed by atoms with Crippen molar-refractivity contribution in [3.05, 3.63) is 71.8 Å². The van der Waals surface area contributed by atoms with Crippen LogP contribution in [0, 0.1) is 0 Å². The first-order valence-electron chi connectivity index (χ1n) is 13.9. The summed E-state index contributed by atoms with van der Waals surface area (Å²) >= 11 is 5.94. The number of anilines is 1. The molecule has 1 aliphatic rings. The molecule has 1 saturated heterocycles. The van der Waals surface area contributed by atoms with Gasteiger partial charge in [-0.15, -0.1) is 0 Å². The van der Waals surface area contributed by atoms with E-state index in [9.17, 15) is 14.7 Å². The van der Waals surface area contributed by atoms with E-state index in [0.29, 0.717) is 5.56 Å². The molecular formula is C30H31ClFN5O7. The number of aliphatic hydroxyl groups excluding tert-OH is 1. The molecule has 2 aromatic carbocycles. The Morgan fingerprint density at radius 2 is 1.68 bits per heavy atom. The number of rotatable bonds is 11. The van der Waals surface area contributed by atoms with E-state index in [1.807, 2.05) is 42.5 Å². The molecule has 5 rings (SSSR count). The van der Waals surface area contributed by atoms with E-state index in [4.69, 9.17) is 36.3 Å². The summed E-state index contributed by atoms with van der Waals surface area (Å²) in [5.41, 5.74) is 6.33. The van der Waals surface area contributed by atoms with Crippen LogP contribution in [0.25, 0.3) is 22.3 Å². The lowest BCUT2D eigenvalue weighted by Crippen LogP contribution is -2.54. The van der Waals surface area contributed by atoms with Gasteiger partial charge in [0.15, 0.2) is 23.9 Å². The van der Waals surface area contributed by atoms with Crippen LogP contribution in [0.1, 0.15) is 25.6 Å². The van der Waals surface area contributed by atoms with Crippen LogP contribution in [0.5, 0.6) is 0 Å². The van der Waals surface area contributed by atoms with Gasteiger partial charge in [0.1, 0.15) is 17.7 Å². The monoisotopic (exact) mass is 627 g/mol. The number of aromatic nitrogens is 4. The number of nitrogens with two attached hydrogens (primary N) is 1. The number of imidazole rings is 1.